The van der Waals surface area contributed by atoms with Crippen molar-refractivity contribution < 1.29 is 9.63 Å². The molecule has 1 aliphatic rings. The number of rotatable bonds is 7. The van der Waals surface area contributed by atoms with Crippen LogP contribution in [-0.2, 0) is 9.63 Å². The van der Waals surface area contributed by atoms with Crippen molar-refractivity contribution in [2.75, 3.05) is 32.8 Å². The second kappa shape index (κ2) is 8.60. The molecule has 1 heterocycles. The van der Waals surface area contributed by atoms with Gasteiger partial charge in [0.15, 0.2) is 0 Å². The van der Waals surface area contributed by atoms with E-state index in [2.05, 4.69) is 18.2 Å². The third-order valence-electron chi connectivity index (χ3n) is 3.57. The Morgan fingerprint density at radius 3 is 2.86 bits per heavy atom. The average Bonchev–Trinajstić information content (AvgIpc) is 3.04. The molecule has 1 aromatic carbocycles. The van der Waals surface area contributed by atoms with Crippen LogP contribution in [0.25, 0.3) is 6.08 Å². The van der Waals surface area contributed by atoms with Gasteiger partial charge in [-0.05, 0) is 18.9 Å². The molecule has 0 saturated carbocycles. The average molecular weight is 288 g/mol. The van der Waals surface area contributed by atoms with E-state index in [0.717, 1.165) is 31.7 Å². The number of hydrogen-bond acceptors (Lipinski definition) is 3. The van der Waals surface area contributed by atoms with Gasteiger partial charge in [0.1, 0.15) is 0 Å². The Kier molecular flexibility index (Phi) is 6.44. The maximum Gasteiger partial charge on any atom is 0.224 e. The van der Waals surface area contributed by atoms with Gasteiger partial charge in [-0.15, -0.1) is 0 Å². The van der Waals surface area contributed by atoms with Crippen molar-refractivity contribution in [1.29, 1.82) is 0 Å². The fourth-order valence-corrected chi connectivity index (χ4v) is 2.34. The molecule has 1 aliphatic heterocycles. The van der Waals surface area contributed by atoms with E-state index in [1.54, 1.807) is 0 Å². The van der Waals surface area contributed by atoms with Crippen LogP contribution in [0.1, 0.15) is 25.3 Å². The van der Waals surface area contributed by atoms with E-state index < -0.39 is 0 Å². The summed E-state index contributed by atoms with van der Waals surface area (Å²) in [5.41, 5.74) is 1.16. The molecule has 0 aromatic heterocycles. The summed E-state index contributed by atoms with van der Waals surface area (Å²) in [5.74, 6) is 0.186. The Labute approximate surface area is 126 Å². The van der Waals surface area contributed by atoms with Crippen LogP contribution in [0.15, 0.2) is 36.4 Å². The predicted octanol–water partition coefficient (Wildman–Crippen LogP) is 2.58. The van der Waals surface area contributed by atoms with E-state index in [0.29, 0.717) is 19.5 Å². The van der Waals surface area contributed by atoms with Crippen molar-refractivity contribution in [1.82, 2.24) is 9.96 Å². The van der Waals surface area contributed by atoms with Gasteiger partial charge in [0.25, 0.3) is 0 Å². The molecule has 0 aliphatic carbocycles. The summed E-state index contributed by atoms with van der Waals surface area (Å²) in [6.45, 7) is 5.82. The zero-order valence-corrected chi connectivity index (χ0v) is 12.7. The smallest absolute Gasteiger partial charge is 0.224 e. The van der Waals surface area contributed by atoms with Gasteiger partial charge in [0.2, 0.25) is 5.91 Å². The summed E-state index contributed by atoms with van der Waals surface area (Å²) >= 11 is 0. The molecule has 114 valence electrons. The van der Waals surface area contributed by atoms with E-state index in [1.165, 1.54) is 0 Å². The number of likely N-dealkylation sites (N-methyl/N-ethyl adjacent to an activating group) is 1. The van der Waals surface area contributed by atoms with E-state index in [-0.39, 0.29) is 5.91 Å². The molecule has 4 nitrogen and oxygen atoms in total. The summed E-state index contributed by atoms with van der Waals surface area (Å²) < 4.78 is 0. The molecule has 0 N–H and O–H groups in total. The minimum Gasteiger partial charge on any atom is -0.339 e. The standard InChI is InChI=1S/C17H24N2O2/c1-2-18(12-6-10-16-8-4-3-5-9-16)17(20)11-14-19-13-7-15-21-19/h3-6,8-10H,2,7,11-15H2,1H3/b10-6+. The normalized spacial score (nSPS) is 15.7. The molecule has 1 saturated heterocycles. The molecule has 4 heteroatoms. The Hall–Kier alpha value is -1.65. The molecule has 2 rings (SSSR count). The topological polar surface area (TPSA) is 32.8 Å². The van der Waals surface area contributed by atoms with Gasteiger partial charge in [-0.3, -0.25) is 9.63 Å². The van der Waals surface area contributed by atoms with Gasteiger partial charge >= 0.3 is 0 Å². The van der Waals surface area contributed by atoms with Crippen molar-refractivity contribution in [3.8, 4) is 0 Å². The Morgan fingerprint density at radius 2 is 2.19 bits per heavy atom. The van der Waals surface area contributed by atoms with Gasteiger partial charge in [-0.1, -0.05) is 42.5 Å². The largest absolute Gasteiger partial charge is 0.339 e. The van der Waals surface area contributed by atoms with Gasteiger partial charge in [-0.2, -0.15) is 5.06 Å². The van der Waals surface area contributed by atoms with Crippen LogP contribution < -0.4 is 0 Å². The second-order valence-electron chi connectivity index (χ2n) is 5.11. The van der Waals surface area contributed by atoms with Crippen LogP contribution in [0.3, 0.4) is 0 Å². The lowest BCUT2D eigenvalue weighted by Crippen LogP contribution is -2.33. The third-order valence-corrected chi connectivity index (χ3v) is 3.57. The highest BCUT2D eigenvalue weighted by atomic mass is 16.7. The molecule has 21 heavy (non-hydrogen) atoms. The fourth-order valence-electron chi connectivity index (χ4n) is 2.34. The van der Waals surface area contributed by atoms with Gasteiger partial charge in [0, 0.05) is 32.6 Å². The van der Waals surface area contributed by atoms with Crippen LogP contribution in [0, 0.1) is 0 Å². The molecule has 1 aromatic rings. The summed E-state index contributed by atoms with van der Waals surface area (Å²) in [7, 11) is 0. The molecule has 1 fully saturated rings. The van der Waals surface area contributed by atoms with E-state index in [4.69, 9.17) is 4.84 Å². The van der Waals surface area contributed by atoms with Gasteiger partial charge < -0.3 is 4.90 Å². The first kappa shape index (κ1) is 15.7. The van der Waals surface area contributed by atoms with Crippen LogP contribution in [0.2, 0.25) is 0 Å². The SMILES string of the molecule is CCN(C/C=C/c1ccccc1)C(=O)CCN1CCCO1. The van der Waals surface area contributed by atoms with Crippen molar-refractivity contribution in [3.05, 3.63) is 42.0 Å². The predicted molar refractivity (Wildman–Crippen MR) is 84.5 cm³/mol. The van der Waals surface area contributed by atoms with E-state index in [1.807, 2.05) is 41.2 Å². The number of hydroxylamine groups is 2. The number of hydrogen-bond donors (Lipinski definition) is 0. The Balaban J connectivity index is 1.76. The number of benzene rings is 1. The number of amides is 1. The third kappa shape index (κ3) is 5.33. The van der Waals surface area contributed by atoms with Crippen molar-refractivity contribution in [3.63, 3.8) is 0 Å². The summed E-state index contributed by atoms with van der Waals surface area (Å²) in [5, 5.41) is 1.89. The number of carbonyl (C=O) groups excluding carboxylic acids is 1. The maximum atomic E-state index is 12.2. The lowest BCUT2D eigenvalue weighted by Gasteiger charge is -2.20. The minimum atomic E-state index is 0.186. The van der Waals surface area contributed by atoms with Crippen LogP contribution in [-0.4, -0.2) is 48.7 Å². The Bertz CT molecular complexity index is 453. The van der Waals surface area contributed by atoms with Crippen LogP contribution in [0.4, 0.5) is 0 Å². The molecular formula is C17H24N2O2. The van der Waals surface area contributed by atoms with Gasteiger partial charge in [0.05, 0.1) is 6.61 Å². The molecule has 0 spiro atoms. The van der Waals surface area contributed by atoms with Crippen molar-refractivity contribution in [2.24, 2.45) is 0 Å². The summed E-state index contributed by atoms with van der Waals surface area (Å²) in [6.07, 6.45) is 5.68. The lowest BCUT2D eigenvalue weighted by atomic mass is 10.2. The monoisotopic (exact) mass is 288 g/mol. The van der Waals surface area contributed by atoms with Crippen molar-refractivity contribution >= 4 is 12.0 Å². The minimum absolute atomic E-state index is 0.186. The zero-order valence-electron chi connectivity index (χ0n) is 12.7. The highest BCUT2D eigenvalue weighted by Gasteiger charge is 2.16. The number of nitrogens with zero attached hydrogens (tertiary/aromatic N) is 2. The first-order chi connectivity index (χ1) is 10.3. The van der Waals surface area contributed by atoms with E-state index >= 15 is 0 Å². The lowest BCUT2D eigenvalue weighted by molar-refractivity contribution is -0.138. The molecule has 0 bridgehead atoms. The summed E-state index contributed by atoms with van der Waals surface area (Å²) in [4.78, 5) is 19.5. The summed E-state index contributed by atoms with van der Waals surface area (Å²) in [6, 6.07) is 10.1. The van der Waals surface area contributed by atoms with E-state index in [9.17, 15) is 4.79 Å². The molecule has 1 amide bonds. The molecule has 0 radical (unpaired) electrons. The molecule has 0 atom stereocenters. The first-order valence-electron chi connectivity index (χ1n) is 7.67. The first-order valence-corrected chi connectivity index (χ1v) is 7.67. The highest BCUT2D eigenvalue weighted by Crippen LogP contribution is 2.06. The Morgan fingerprint density at radius 1 is 1.38 bits per heavy atom. The number of carbonyl (C=O) groups is 1. The maximum absolute atomic E-state index is 12.2. The second-order valence-corrected chi connectivity index (χ2v) is 5.11. The van der Waals surface area contributed by atoms with Crippen LogP contribution in [0.5, 0.6) is 0 Å². The quantitative estimate of drug-likeness (QED) is 0.773. The zero-order chi connectivity index (χ0) is 14.9. The molecular weight excluding hydrogens is 264 g/mol. The molecule has 0 unspecified atom stereocenters. The van der Waals surface area contributed by atoms with Crippen molar-refractivity contribution in [2.45, 2.75) is 19.8 Å². The van der Waals surface area contributed by atoms with Crippen LogP contribution >= 0.6 is 0 Å². The van der Waals surface area contributed by atoms with Gasteiger partial charge in [-0.25, -0.2) is 0 Å². The highest BCUT2D eigenvalue weighted by molar-refractivity contribution is 5.76. The fraction of sp³-hybridized carbons (Fsp3) is 0.471.